The lowest BCUT2D eigenvalue weighted by atomic mass is 10.1. The Labute approximate surface area is 160 Å². The van der Waals surface area contributed by atoms with Crippen LogP contribution in [0.1, 0.15) is 22.8 Å². The summed E-state index contributed by atoms with van der Waals surface area (Å²) in [5.41, 5.74) is 1.49. The largest absolute Gasteiger partial charge is 0.493 e. The molecule has 0 radical (unpaired) electrons. The van der Waals surface area contributed by atoms with E-state index in [4.69, 9.17) is 14.2 Å². The third-order valence-corrected chi connectivity index (χ3v) is 4.58. The highest BCUT2D eigenvalue weighted by atomic mass is 79.9. The van der Waals surface area contributed by atoms with Crippen LogP contribution in [0.4, 0.5) is 0 Å². The molecular formula is C21H19BrO4. The number of methoxy groups -OCH3 is 1. The second-order valence-corrected chi connectivity index (χ2v) is 6.49. The van der Waals surface area contributed by atoms with Gasteiger partial charge in [-0.1, -0.05) is 42.5 Å². The number of fused-ring (bicyclic) bond motifs is 1. The zero-order valence-corrected chi connectivity index (χ0v) is 16.2. The first kappa shape index (κ1) is 18.3. The van der Waals surface area contributed by atoms with Crippen molar-refractivity contribution in [2.75, 3.05) is 13.7 Å². The van der Waals surface area contributed by atoms with E-state index in [0.29, 0.717) is 34.7 Å². The van der Waals surface area contributed by atoms with E-state index in [0.717, 1.165) is 16.3 Å². The number of esters is 1. The Morgan fingerprint density at radius 3 is 2.62 bits per heavy atom. The highest BCUT2D eigenvalue weighted by Gasteiger charge is 2.16. The minimum Gasteiger partial charge on any atom is -0.493 e. The summed E-state index contributed by atoms with van der Waals surface area (Å²) < 4.78 is 17.1. The topological polar surface area (TPSA) is 44.8 Å². The van der Waals surface area contributed by atoms with Crippen LogP contribution < -0.4 is 9.47 Å². The monoisotopic (exact) mass is 414 g/mol. The van der Waals surface area contributed by atoms with E-state index in [9.17, 15) is 4.79 Å². The fraction of sp³-hybridized carbons (Fsp3) is 0.190. The molecule has 134 valence electrons. The van der Waals surface area contributed by atoms with E-state index in [1.807, 2.05) is 24.3 Å². The molecule has 0 aliphatic carbocycles. The first-order valence-electron chi connectivity index (χ1n) is 8.28. The summed E-state index contributed by atoms with van der Waals surface area (Å²) in [6.45, 7) is 2.47. The van der Waals surface area contributed by atoms with Gasteiger partial charge in [0.2, 0.25) is 0 Å². The van der Waals surface area contributed by atoms with Gasteiger partial charge in [-0.2, -0.15) is 0 Å². The molecule has 4 nitrogen and oxygen atoms in total. The maximum absolute atomic E-state index is 12.0. The van der Waals surface area contributed by atoms with Crippen LogP contribution >= 0.6 is 15.9 Å². The van der Waals surface area contributed by atoms with Crippen molar-refractivity contribution < 1.29 is 19.0 Å². The number of hydrogen-bond acceptors (Lipinski definition) is 4. The van der Waals surface area contributed by atoms with Gasteiger partial charge >= 0.3 is 5.97 Å². The average molecular weight is 415 g/mol. The van der Waals surface area contributed by atoms with Crippen LogP contribution in [-0.4, -0.2) is 19.7 Å². The molecule has 0 spiro atoms. The van der Waals surface area contributed by atoms with Crippen LogP contribution in [0.15, 0.2) is 59.1 Å². The lowest BCUT2D eigenvalue weighted by molar-refractivity contribution is 0.0525. The van der Waals surface area contributed by atoms with Gasteiger partial charge in [0, 0.05) is 0 Å². The van der Waals surface area contributed by atoms with E-state index in [2.05, 4.69) is 34.1 Å². The Morgan fingerprint density at radius 2 is 1.85 bits per heavy atom. The number of rotatable bonds is 6. The van der Waals surface area contributed by atoms with Crippen LogP contribution in [0, 0.1) is 0 Å². The quantitative estimate of drug-likeness (QED) is 0.508. The molecule has 0 N–H and O–H groups in total. The van der Waals surface area contributed by atoms with Gasteiger partial charge in [-0.05, 0) is 51.3 Å². The standard InChI is InChI=1S/C21H19BrO4/c1-3-25-21(23)16-11-18(22)20(19(12-16)24-2)26-13-15-9-6-8-14-7-4-5-10-17(14)15/h4-12H,3,13H2,1-2H3. The summed E-state index contributed by atoms with van der Waals surface area (Å²) in [7, 11) is 1.54. The summed E-state index contributed by atoms with van der Waals surface area (Å²) in [5, 5.41) is 2.31. The van der Waals surface area contributed by atoms with Gasteiger partial charge in [0.05, 0.1) is 23.8 Å². The lowest BCUT2D eigenvalue weighted by Gasteiger charge is -2.15. The molecule has 0 aromatic heterocycles. The van der Waals surface area contributed by atoms with Crippen LogP contribution in [0.25, 0.3) is 10.8 Å². The molecule has 3 rings (SSSR count). The Kier molecular flexibility index (Phi) is 5.78. The van der Waals surface area contributed by atoms with Gasteiger partial charge in [-0.3, -0.25) is 0 Å². The van der Waals surface area contributed by atoms with Crippen molar-refractivity contribution in [3.8, 4) is 11.5 Å². The molecule has 0 heterocycles. The van der Waals surface area contributed by atoms with Crippen molar-refractivity contribution in [3.05, 3.63) is 70.2 Å². The smallest absolute Gasteiger partial charge is 0.338 e. The van der Waals surface area contributed by atoms with Crippen molar-refractivity contribution in [2.24, 2.45) is 0 Å². The summed E-state index contributed by atoms with van der Waals surface area (Å²) in [6, 6.07) is 17.6. The second kappa shape index (κ2) is 8.23. The van der Waals surface area contributed by atoms with Crippen LogP contribution in [0.2, 0.25) is 0 Å². The highest BCUT2D eigenvalue weighted by Crippen LogP contribution is 2.37. The minimum absolute atomic E-state index is 0.318. The summed E-state index contributed by atoms with van der Waals surface area (Å²) >= 11 is 3.47. The van der Waals surface area contributed by atoms with E-state index >= 15 is 0 Å². The third-order valence-electron chi connectivity index (χ3n) is 3.99. The Balaban J connectivity index is 1.88. The van der Waals surface area contributed by atoms with Gasteiger partial charge in [-0.25, -0.2) is 4.79 Å². The second-order valence-electron chi connectivity index (χ2n) is 5.64. The van der Waals surface area contributed by atoms with Crippen molar-refractivity contribution in [2.45, 2.75) is 13.5 Å². The van der Waals surface area contributed by atoms with E-state index in [1.54, 1.807) is 26.2 Å². The van der Waals surface area contributed by atoms with Gasteiger partial charge in [0.25, 0.3) is 0 Å². The van der Waals surface area contributed by atoms with Gasteiger partial charge in [0.15, 0.2) is 11.5 Å². The maximum atomic E-state index is 12.0. The number of hydrogen-bond donors (Lipinski definition) is 0. The SMILES string of the molecule is CCOC(=O)c1cc(Br)c(OCc2cccc3ccccc23)c(OC)c1. The van der Waals surface area contributed by atoms with Crippen molar-refractivity contribution in [3.63, 3.8) is 0 Å². The van der Waals surface area contributed by atoms with Gasteiger partial charge in [0.1, 0.15) is 6.61 Å². The minimum atomic E-state index is -0.396. The van der Waals surface area contributed by atoms with E-state index < -0.39 is 5.97 Å². The highest BCUT2D eigenvalue weighted by molar-refractivity contribution is 9.10. The maximum Gasteiger partial charge on any atom is 0.338 e. The number of carbonyl (C=O) groups is 1. The van der Waals surface area contributed by atoms with Crippen molar-refractivity contribution in [1.29, 1.82) is 0 Å². The number of halogens is 1. The molecule has 0 unspecified atom stereocenters. The van der Waals surface area contributed by atoms with Crippen LogP contribution in [0.3, 0.4) is 0 Å². The molecule has 0 aliphatic heterocycles. The fourth-order valence-corrected chi connectivity index (χ4v) is 3.32. The molecule has 0 saturated heterocycles. The Morgan fingerprint density at radius 1 is 1.08 bits per heavy atom. The first-order chi connectivity index (χ1) is 12.6. The van der Waals surface area contributed by atoms with Gasteiger partial charge in [-0.15, -0.1) is 0 Å². The zero-order chi connectivity index (χ0) is 18.5. The lowest BCUT2D eigenvalue weighted by Crippen LogP contribution is -2.06. The molecule has 0 fully saturated rings. The summed E-state index contributed by atoms with van der Waals surface area (Å²) in [4.78, 5) is 12.0. The molecular weight excluding hydrogens is 396 g/mol. The molecule has 3 aromatic rings. The molecule has 0 aliphatic rings. The van der Waals surface area contributed by atoms with Crippen LogP contribution in [-0.2, 0) is 11.3 Å². The Bertz CT molecular complexity index is 931. The van der Waals surface area contributed by atoms with Crippen molar-refractivity contribution >= 4 is 32.7 Å². The van der Waals surface area contributed by atoms with Crippen molar-refractivity contribution in [1.82, 2.24) is 0 Å². The fourth-order valence-electron chi connectivity index (χ4n) is 2.76. The zero-order valence-electron chi connectivity index (χ0n) is 14.6. The molecule has 0 amide bonds. The van der Waals surface area contributed by atoms with Crippen LogP contribution in [0.5, 0.6) is 11.5 Å². The first-order valence-corrected chi connectivity index (χ1v) is 9.07. The number of ether oxygens (including phenoxy) is 3. The normalized spacial score (nSPS) is 10.6. The van der Waals surface area contributed by atoms with E-state index in [1.165, 1.54) is 0 Å². The number of carbonyl (C=O) groups excluding carboxylic acids is 1. The third kappa shape index (κ3) is 3.83. The van der Waals surface area contributed by atoms with E-state index in [-0.39, 0.29) is 0 Å². The predicted octanol–water partition coefficient (Wildman–Crippen LogP) is 5.37. The van der Waals surface area contributed by atoms with Gasteiger partial charge < -0.3 is 14.2 Å². The molecule has 26 heavy (non-hydrogen) atoms. The summed E-state index contributed by atoms with van der Waals surface area (Å²) in [5.74, 6) is 0.628. The Hall–Kier alpha value is -2.53. The summed E-state index contributed by atoms with van der Waals surface area (Å²) in [6.07, 6.45) is 0. The molecule has 3 aromatic carbocycles. The average Bonchev–Trinajstić information content (AvgIpc) is 2.66. The predicted molar refractivity (Wildman–Crippen MR) is 105 cm³/mol. The molecule has 0 saturated carbocycles. The molecule has 5 heteroatoms. The molecule has 0 bridgehead atoms. The molecule has 0 atom stereocenters. The number of benzene rings is 3.